The van der Waals surface area contributed by atoms with Crippen LogP contribution in [-0.2, 0) is 4.74 Å². The zero-order chi connectivity index (χ0) is 17.6. The van der Waals surface area contributed by atoms with E-state index in [1.54, 1.807) is 0 Å². The molecule has 0 amide bonds. The number of nitrogens with one attached hydrogen (secondary N) is 1. The Morgan fingerprint density at radius 2 is 1.96 bits per heavy atom. The summed E-state index contributed by atoms with van der Waals surface area (Å²) in [6.07, 6.45) is 2.63. The minimum absolute atomic E-state index is 0.0848. The normalized spacial score (nSPS) is 24.0. The fourth-order valence-electron chi connectivity index (χ4n) is 3.85. The SMILES string of the molecule is CCNC(=NCC(C)(C)N1CCOCC1)N1CCC(CC(C)C)C1. The number of rotatable bonds is 6. The van der Waals surface area contributed by atoms with Crippen LogP contribution >= 0.6 is 0 Å². The highest BCUT2D eigenvalue weighted by Crippen LogP contribution is 2.23. The molecule has 2 heterocycles. The van der Waals surface area contributed by atoms with Gasteiger partial charge in [0.25, 0.3) is 0 Å². The predicted octanol–water partition coefficient (Wildman–Crippen LogP) is 2.43. The minimum Gasteiger partial charge on any atom is -0.379 e. The lowest BCUT2D eigenvalue weighted by molar-refractivity contribution is -0.00688. The third kappa shape index (κ3) is 5.62. The maximum Gasteiger partial charge on any atom is 0.193 e. The van der Waals surface area contributed by atoms with E-state index in [1.807, 2.05) is 0 Å². The molecule has 0 aliphatic carbocycles. The molecular weight excluding hydrogens is 300 g/mol. The van der Waals surface area contributed by atoms with Crippen molar-refractivity contribution in [3.05, 3.63) is 0 Å². The molecule has 0 radical (unpaired) electrons. The second-order valence-electron chi connectivity index (χ2n) is 8.31. The molecule has 0 bridgehead atoms. The summed E-state index contributed by atoms with van der Waals surface area (Å²) in [5.74, 6) is 2.71. The molecule has 2 aliphatic rings. The van der Waals surface area contributed by atoms with Gasteiger partial charge in [0.15, 0.2) is 5.96 Å². The van der Waals surface area contributed by atoms with Gasteiger partial charge in [-0.05, 0) is 45.4 Å². The molecule has 1 unspecified atom stereocenters. The van der Waals surface area contributed by atoms with Crippen LogP contribution in [0, 0.1) is 11.8 Å². The smallest absolute Gasteiger partial charge is 0.193 e. The molecule has 1 atom stereocenters. The molecule has 2 fully saturated rings. The van der Waals surface area contributed by atoms with E-state index < -0.39 is 0 Å². The Bertz CT molecular complexity index is 402. The van der Waals surface area contributed by atoms with Gasteiger partial charge in [0.2, 0.25) is 0 Å². The molecule has 5 heteroatoms. The standard InChI is InChI=1S/C19H38N4O/c1-6-20-18(22-8-7-17(14-22)13-16(2)3)21-15-19(4,5)23-9-11-24-12-10-23/h16-17H,6-15H2,1-5H3,(H,20,21). The maximum atomic E-state index is 5.49. The number of ether oxygens (including phenoxy) is 1. The summed E-state index contributed by atoms with van der Waals surface area (Å²) in [7, 11) is 0. The van der Waals surface area contributed by atoms with E-state index in [9.17, 15) is 0 Å². The monoisotopic (exact) mass is 338 g/mol. The van der Waals surface area contributed by atoms with Gasteiger partial charge < -0.3 is 15.0 Å². The summed E-state index contributed by atoms with van der Waals surface area (Å²) in [6.45, 7) is 19.2. The third-order valence-electron chi connectivity index (χ3n) is 5.21. The van der Waals surface area contributed by atoms with Crippen LogP contribution < -0.4 is 5.32 Å². The van der Waals surface area contributed by atoms with Crippen LogP contribution in [0.1, 0.15) is 47.5 Å². The Hall–Kier alpha value is -0.810. The van der Waals surface area contributed by atoms with Crippen molar-refractivity contribution >= 4 is 5.96 Å². The average molecular weight is 339 g/mol. The molecule has 24 heavy (non-hydrogen) atoms. The summed E-state index contributed by atoms with van der Waals surface area (Å²) in [6, 6.07) is 0. The van der Waals surface area contributed by atoms with Gasteiger partial charge in [-0.3, -0.25) is 9.89 Å². The van der Waals surface area contributed by atoms with Crippen LogP contribution in [0.25, 0.3) is 0 Å². The van der Waals surface area contributed by atoms with Gasteiger partial charge in [-0.15, -0.1) is 0 Å². The molecule has 5 nitrogen and oxygen atoms in total. The van der Waals surface area contributed by atoms with E-state index in [2.05, 4.69) is 49.7 Å². The van der Waals surface area contributed by atoms with Crippen LogP contribution in [0.3, 0.4) is 0 Å². The fourth-order valence-corrected chi connectivity index (χ4v) is 3.85. The minimum atomic E-state index is 0.0848. The van der Waals surface area contributed by atoms with Crippen molar-refractivity contribution in [3.63, 3.8) is 0 Å². The molecule has 0 saturated carbocycles. The average Bonchev–Trinajstić information content (AvgIpc) is 3.00. The number of guanidine groups is 1. The Balaban J connectivity index is 1.95. The van der Waals surface area contributed by atoms with Crippen LogP contribution in [0.4, 0.5) is 0 Å². The number of hydrogen-bond donors (Lipinski definition) is 1. The van der Waals surface area contributed by atoms with Crippen molar-refractivity contribution in [1.82, 2.24) is 15.1 Å². The van der Waals surface area contributed by atoms with E-state index in [1.165, 1.54) is 12.8 Å². The van der Waals surface area contributed by atoms with Crippen molar-refractivity contribution in [2.75, 3.05) is 52.5 Å². The number of aliphatic imine (C=N–C) groups is 1. The first kappa shape index (κ1) is 19.5. The largest absolute Gasteiger partial charge is 0.379 e. The number of hydrogen-bond acceptors (Lipinski definition) is 3. The molecule has 2 saturated heterocycles. The van der Waals surface area contributed by atoms with Gasteiger partial charge in [-0.2, -0.15) is 0 Å². The van der Waals surface area contributed by atoms with E-state index in [0.717, 1.165) is 70.3 Å². The zero-order valence-corrected chi connectivity index (χ0v) is 16.5. The second kappa shape index (κ2) is 9.04. The number of morpholine rings is 1. The second-order valence-corrected chi connectivity index (χ2v) is 8.31. The Morgan fingerprint density at radius 3 is 2.58 bits per heavy atom. The van der Waals surface area contributed by atoms with Gasteiger partial charge in [-0.25, -0.2) is 0 Å². The van der Waals surface area contributed by atoms with Crippen molar-refractivity contribution < 1.29 is 4.74 Å². The maximum absolute atomic E-state index is 5.49. The Kier molecular flexibility index (Phi) is 7.35. The van der Waals surface area contributed by atoms with Gasteiger partial charge >= 0.3 is 0 Å². The fraction of sp³-hybridized carbons (Fsp3) is 0.947. The summed E-state index contributed by atoms with van der Waals surface area (Å²) in [5, 5.41) is 3.51. The molecule has 0 aromatic rings. The quantitative estimate of drug-likeness (QED) is 0.596. The molecular formula is C19H38N4O. The third-order valence-corrected chi connectivity index (χ3v) is 5.21. The molecule has 2 aliphatic heterocycles. The highest BCUT2D eigenvalue weighted by atomic mass is 16.5. The lowest BCUT2D eigenvalue weighted by Gasteiger charge is -2.40. The van der Waals surface area contributed by atoms with Crippen LogP contribution in [0.2, 0.25) is 0 Å². The summed E-state index contributed by atoms with van der Waals surface area (Å²) in [4.78, 5) is 9.98. The van der Waals surface area contributed by atoms with Crippen molar-refractivity contribution in [1.29, 1.82) is 0 Å². The van der Waals surface area contributed by atoms with Crippen molar-refractivity contribution in [2.24, 2.45) is 16.8 Å². The van der Waals surface area contributed by atoms with Gasteiger partial charge in [-0.1, -0.05) is 13.8 Å². The first-order valence-corrected chi connectivity index (χ1v) is 9.78. The van der Waals surface area contributed by atoms with Crippen LogP contribution in [-0.4, -0.2) is 73.8 Å². The molecule has 0 aromatic carbocycles. The Morgan fingerprint density at radius 1 is 1.25 bits per heavy atom. The van der Waals surface area contributed by atoms with E-state index >= 15 is 0 Å². The molecule has 2 rings (SSSR count). The highest BCUT2D eigenvalue weighted by Gasteiger charge is 2.29. The molecule has 140 valence electrons. The number of likely N-dealkylation sites (tertiary alicyclic amines) is 1. The summed E-state index contributed by atoms with van der Waals surface area (Å²) >= 11 is 0. The predicted molar refractivity (Wildman–Crippen MR) is 102 cm³/mol. The van der Waals surface area contributed by atoms with Gasteiger partial charge in [0, 0.05) is 38.3 Å². The topological polar surface area (TPSA) is 40.1 Å². The first-order chi connectivity index (χ1) is 11.4. The summed E-state index contributed by atoms with van der Waals surface area (Å²) in [5.41, 5.74) is 0.0848. The van der Waals surface area contributed by atoms with E-state index in [4.69, 9.17) is 9.73 Å². The molecule has 1 N–H and O–H groups in total. The zero-order valence-electron chi connectivity index (χ0n) is 16.5. The first-order valence-electron chi connectivity index (χ1n) is 9.78. The Labute approximate surface area is 148 Å². The molecule has 0 spiro atoms. The van der Waals surface area contributed by atoms with E-state index in [0.29, 0.717) is 0 Å². The number of nitrogens with zero attached hydrogens (tertiary/aromatic N) is 3. The van der Waals surface area contributed by atoms with Crippen LogP contribution in [0.5, 0.6) is 0 Å². The van der Waals surface area contributed by atoms with Crippen molar-refractivity contribution in [3.8, 4) is 0 Å². The lowest BCUT2D eigenvalue weighted by atomic mass is 9.97. The van der Waals surface area contributed by atoms with E-state index in [-0.39, 0.29) is 5.54 Å². The van der Waals surface area contributed by atoms with Crippen molar-refractivity contribution in [2.45, 2.75) is 53.0 Å². The summed E-state index contributed by atoms with van der Waals surface area (Å²) < 4.78 is 5.49. The van der Waals surface area contributed by atoms with Gasteiger partial charge in [0.05, 0.1) is 19.8 Å². The van der Waals surface area contributed by atoms with Gasteiger partial charge in [0.1, 0.15) is 0 Å². The van der Waals surface area contributed by atoms with Crippen LogP contribution in [0.15, 0.2) is 4.99 Å². The lowest BCUT2D eigenvalue weighted by Crippen LogP contribution is -2.52. The highest BCUT2D eigenvalue weighted by molar-refractivity contribution is 5.80. The molecule has 0 aromatic heterocycles.